The standard InChI is InChI=1S/C22H19F3N2O3/c23-22(24,25)16-10-4-5-11-17(16)26-19(28)15-9-3-6-12-18(15)27-20(29)13-7-1-2-8-14(13)21(27)30/h3-6,9-14H,1-2,7-8H2,(H,26,28)/t13-,14-/m0/s1. The third-order valence-corrected chi connectivity index (χ3v) is 5.71. The van der Waals surface area contributed by atoms with Gasteiger partial charge < -0.3 is 5.32 Å². The van der Waals surface area contributed by atoms with Crippen LogP contribution in [0.2, 0.25) is 0 Å². The van der Waals surface area contributed by atoms with Gasteiger partial charge in [0.2, 0.25) is 11.8 Å². The molecule has 0 radical (unpaired) electrons. The number of benzene rings is 2. The lowest BCUT2D eigenvalue weighted by Gasteiger charge is -2.19. The summed E-state index contributed by atoms with van der Waals surface area (Å²) in [6, 6.07) is 10.6. The number of halogens is 3. The number of nitrogens with one attached hydrogen (secondary N) is 1. The molecule has 0 unspecified atom stereocenters. The first-order valence-electron chi connectivity index (χ1n) is 9.73. The van der Waals surface area contributed by atoms with E-state index < -0.39 is 35.2 Å². The van der Waals surface area contributed by atoms with Gasteiger partial charge in [-0.25, -0.2) is 4.90 Å². The average molecular weight is 416 g/mol. The van der Waals surface area contributed by atoms with Crippen LogP contribution in [0.15, 0.2) is 48.5 Å². The van der Waals surface area contributed by atoms with Gasteiger partial charge in [0, 0.05) is 0 Å². The SMILES string of the molecule is O=C(Nc1ccccc1C(F)(F)F)c1ccccc1N1C(=O)[C@H]2CCCC[C@@H]2C1=O. The molecular weight excluding hydrogens is 397 g/mol. The van der Waals surface area contributed by atoms with Gasteiger partial charge in [-0.2, -0.15) is 13.2 Å². The zero-order valence-electron chi connectivity index (χ0n) is 15.9. The molecule has 2 aromatic rings. The number of fused-ring (bicyclic) bond motifs is 1. The molecule has 4 rings (SSSR count). The fourth-order valence-electron chi connectivity index (χ4n) is 4.29. The Labute approximate surface area is 170 Å². The van der Waals surface area contributed by atoms with Crippen molar-refractivity contribution in [2.75, 3.05) is 10.2 Å². The van der Waals surface area contributed by atoms with E-state index in [0.29, 0.717) is 12.8 Å². The maximum atomic E-state index is 13.2. The Morgan fingerprint density at radius 3 is 2.10 bits per heavy atom. The minimum atomic E-state index is -4.64. The molecule has 2 aromatic carbocycles. The summed E-state index contributed by atoms with van der Waals surface area (Å²) >= 11 is 0. The number of nitrogens with zero attached hydrogens (tertiary/aromatic N) is 1. The molecule has 1 aliphatic carbocycles. The Morgan fingerprint density at radius 2 is 1.47 bits per heavy atom. The van der Waals surface area contributed by atoms with Crippen LogP contribution in [0.5, 0.6) is 0 Å². The molecule has 2 atom stereocenters. The van der Waals surface area contributed by atoms with Crippen LogP contribution in [0, 0.1) is 11.8 Å². The first-order valence-corrected chi connectivity index (χ1v) is 9.73. The first kappa shape index (κ1) is 20.1. The van der Waals surface area contributed by atoms with Crippen LogP contribution in [-0.4, -0.2) is 17.7 Å². The predicted octanol–water partition coefficient (Wildman–Crippen LogP) is 4.64. The van der Waals surface area contributed by atoms with Gasteiger partial charge in [0.05, 0.1) is 34.3 Å². The van der Waals surface area contributed by atoms with E-state index in [-0.39, 0.29) is 23.1 Å². The van der Waals surface area contributed by atoms with E-state index in [1.54, 1.807) is 6.07 Å². The van der Waals surface area contributed by atoms with E-state index in [2.05, 4.69) is 5.32 Å². The number of hydrogen-bond acceptors (Lipinski definition) is 3. The Kier molecular flexibility index (Phi) is 5.09. The fourth-order valence-corrected chi connectivity index (χ4v) is 4.29. The molecular formula is C22H19F3N2O3. The van der Waals surface area contributed by atoms with E-state index >= 15 is 0 Å². The van der Waals surface area contributed by atoms with Gasteiger partial charge in [-0.3, -0.25) is 14.4 Å². The molecule has 0 aromatic heterocycles. The molecule has 3 amide bonds. The van der Waals surface area contributed by atoms with Crippen molar-refractivity contribution in [3.05, 3.63) is 59.7 Å². The third-order valence-electron chi connectivity index (χ3n) is 5.71. The Balaban J connectivity index is 1.67. The summed E-state index contributed by atoms with van der Waals surface area (Å²) in [5, 5.41) is 2.28. The zero-order chi connectivity index (χ0) is 21.5. The van der Waals surface area contributed by atoms with Gasteiger partial charge >= 0.3 is 6.18 Å². The molecule has 1 saturated heterocycles. The maximum Gasteiger partial charge on any atom is 0.418 e. The molecule has 8 heteroatoms. The van der Waals surface area contributed by atoms with Gasteiger partial charge in [0.25, 0.3) is 5.91 Å². The number of carbonyl (C=O) groups is 3. The molecule has 5 nitrogen and oxygen atoms in total. The second-order valence-corrected chi connectivity index (χ2v) is 7.52. The first-order chi connectivity index (χ1) is 14.3. The summed E-state index contributed by atoms with van der Waals surface area (Å²) in [7, 11) is 0. The van der Waals surface area contributed by atoms with Crippen molar-refractivity contribution in [1.82, 2.24) is 0 Å². The van der Waals surface area contributed by atoms with E-state index in [4.69, 9.17) is 0 Å². The van der Waals surface area contributed by atoms with Crippen molar-refractivity contribution in [2.24, 2.45) is 11.8 Å². The highest BCUT2D eigenvalue weighted by Crippen LogP contribution is 2.41. The van der Waals surface area contributed by atoms with Crippen LogP contribution in [0.4, 0.5) is 24.5 Å². The summed E-state index contributed by atoms with van der Waals surface area (Å²) in [6.07, 6.45) is -1.66. The van der Waals surface area contributed by atoms with Crippen LogP contribution in [0.3, 0.4) is 0 Å². The number of anilines is 2. The van der Waals surface area contributed by atoms with Crippen LogP contribution in [0.1, 0.15) is 41.6 Å². The van der Waals surface area contributed by atoms with Crippen molar-refractivity contribution in [1.29, 1.82) is 0 Å². The second-order valence-electron chi connectivity index (χ2n) is 7.52. The number of alkyl halides is 3. The normalized spacial score (nSPS) is 21.5. The Morgan fingerprint density at radius 1 is 0.900 bits per heavy atom. The summed E-state index contributed by atoms with van der Waals surface area (Å²) in [6.45, 7) is 0. The van der Waals surface area contributed by atoms with Gasteiger partial charge in [-0.15, -0.1) is 0 Å². The molecule has 30 heavy (non-hydrogen) atoms. The van der Waals surface area contributed by atoms with Gasteiger partial charge in [0.1, 0.15) is 0 Å². The lowest BCUT2D eigenvalue weighted by atomic mass is 9.81. The van der Waals surface area contributed by atoms with Crippen molar-refractivity contribution in [3.63, 3.8) is 0 Å². The molecule has 2 fully saturated rings. The molecule has 0 bridgehead atoms. The average Bonchev–Trinajstić information content (AvgIpc) is 2.98. The number of hydrogen-bond donors (Lipinski definition) is 1. The molecule has 1 aliphatic heterocycles. The van der Waals surface area contributed by atoms with Gasteiger partial charge in [0.15, 0.2) is 0 Å². The topological polar surface area (TPSA) is 66.5 Å². The number of amides is 3. The van der Waals surface area contributed by atoms with Gasteiger partial charge in [-0.05, 0) is 37.1 Å². The lowest BCUT2D eigenvalue weighted by molar-refractivity contribution is -0.137. The minimum Gasteiger partial charge on any atom is -0.321 e. The molecule has 1 heterocycles. The Hall–Kier alpha value is -3.16. The highest BCUT2D eigenvalue weighted by atomic mass is 19.4. The molecule has 1 saturated carbocycles. The number of carbonyl (C=O) groups excluding carboxylic acids is 3. The van der Waals surface area contributed by atoms with Crippen molar-refractivity contribution in [2.45, 2.75) is 31.9 Å². The Bertz CT molecular complexity index is 995. The van der Waals surface area contributed by atoms with E-state index in [1.807, 2.05) is 0 Å². The smallest absolute Gasteiger partial charge is 0.321 e. The predicted molar refractivity (Wildman–Crippen MR) is 104 cm³/mol. The van der Waals surface area contributed by atoms with Crippen LogP contribution >= 0.6 is 0 Å². The number of rotatable bonds is 3. The summed E-state index contributed by atoms with van der Waals surface area (Å²) < 4.78 is 39.7. The van der Waals surface area contributed by atoms with Crippen molar-refractivity contribution >= 4 is 29.1 Å². The maximum absolute atomic E-state index is 13.2. The van der Waals surface area contributed by atoms with E-state index in [0.717, 1.165) is 29.9 Å². The fraction of sp³-hybridized carbons (Fsp3) is 0.318. The largest absolute Gasteiger partial charge is 0.418 e. The van der Waals surface area contributed by atoms with E-state index in [1.165, 1.54) is 30.3 Å². The van der Waals surface area contributed by atoms with Gasteiger partial charge in [-0.1, -0.05) is 37.1 Å². The minimum absolute atomic E-state index is 0.0326. The highest BCUT2D eigenvalue weighted by molar-refractivity contribution is 6.24. The van der Waals surface area contributed by atoms with E-state index in [9.17, 15) is 27.6 Å². The number of para-hydroxylation sites is 2. The summed E-state index contributed by atoms with van der Waals surface area (Å²) in [4.78, 5) is 39.7. The monoisotopic (exact) mass is 416 g/mol. The molecule has 0 spiro atoms. The zero-order valence-corrected chi connectivity index (χ0v) is 15.9. The molecule has 2 aliphatic rings. The quantitative estimate of drug-likeness (QED) is 0.742. The van der Waals surface area contributed by atoms with Crippen molar-refractivity contribution < 1.29 is 27.6 Å². The van der Waals surface area contributed by atoms with Crippen LogP contribution < -0.4 is 10.2 Å². The molecule has 1 N–H and O–H groups in total. The third kappa shape index (κ3) is 3.46. The summed E-state index contributed by atoms with van der Waals surface area (Å²) in [5.41, 5.74) is -1.30. The van der Waals surface area contributed by atoms with Crippen molar-refractivity contribution in [3.8, 4) is 0 Å². The second kappa shape index (κ2) is 7.59. The highest BCUT2D eigenvalue weighted by Gasteiger charge is 2.49. The lowest BCUT2D eigenvalue weighted by Crippen LogP contribution is -2.33. The molecule has 156 valence electrons. The van der Waals surface area contributed by atoms with Crippen LogP contribution in [-0.2, 0) is 15.8 Å². The summed E-state index contributed by atoms with van der Waals surface area (Å²) in [5.74, 6) is -2.30. The van der Waals surface area contributed by atoms with Crippen LogP contribution in [0.25, 0.3) is 0 Å². The number of imide groups is 1.